The molecule has 9 heteroatoms. The van der Waals surface area contributed by atoms with Crippen LogP contribution in [0.5, 0.6) is 0 Å². The average molecular weight is 318 g/mol. The van der Waals surface area contributed by atoms with E-state index in [1.165, 1.54) is 38.5 Å². The topological polar surface area (TPSA) is 108 Å². The molecule has 0 saturated heterocycles. The van der Waals surface area contributed by atoms with Gasteiger partial charge >= 0.3 is 0 Å². The van der Waals surface area contributed by atoms with Gasteiger partial charge < -0.3 is 9.47 Å². The molecular formula is C12H18N2O6S. The smallest absolute Gasteiger partial charge is 0.269 e. The number of benzene rings is 1. The van der Waals surface area contributed by atoms with E-state index in [4.69, 9.17) is 9.47 Å². The van der Waals surface area contributed by atoms with Gasteiger partial charge in [-0.3, -0.25) is 10.1 Å². The van der Waals surface area contributed by atoms with Crippen LogP contribution in [0, 0.1) is 10.1 Å². The van der Waals surface area contributed by atoms with Gasteiger partial charge in [-0.1, -0.05) is 12.1 Å². The highest BCUT2D eigenvalue weighted by atomic mass is 32.2. The van der Waals surface area contributed by atoms with E-state index in [9.17, 15) is 18.5 Å². The van der Waals surface area contributed by atoms with Crippen molar-refractivity contribution < 1.29 is 22.8 Å². The van der Waals surface area contributed by atoms with Crippen LogP contribution in [-0.4, -0.2) is 39.9 Å². The molecule has 1 aromatic rings. The molecule has 1 rings (SSSR count). The molecule has 0 spiro atoms. The maximum Gasteiger partial charge on any atom is 0.269 e. The molecule has 1 atom stereocenters. The molecule has 1 unspecified atom stereocenters. The lowest BCUT2D eigenvalue weighted by atomic mass is 10.2. The number of methoxy groups -OCH3 is 2. The fourth-order valence-electron chi connectivity index (χ4n) is 1.82. The third kappa shape index (κ3) is 5.38. The van der Waals surface area contributed by atoms with Crippen LogP contribution in [0.2, 0.25) is 0 Å². The fraction of sp³-hybridized carbons (Fsp3) is 0.500. The minimum atomic E-state index is -3.61. The number of nitrogens with one attached hydrogen (secondary N) is 1. The second-order valence-electron chi connectivity index (χ2n) is 4.43. The summed E-state index contributed by atoms with van der Waals surface area (Å²) in [6.07, 6.45) is -0.698. The van der Waals surface area contributed by atoms with Crippen molar-refractivity contribution >= 4 is 15.7 Å². The van der Waals surface area contributed by atoms with Crippen LogP contribution < -0.4 is 4.72 Å². The highest BCUT2D eigenvalue weighted by Gasteiger charge is 2.22. The number of rotatable bonds is 8. The second kappa shape index (κ2) is 7.46. The van der Waals surface area contributed by atoms with Gasteiger partial charge in [0.15, 0.2) is 6.29 Å². The van der Waals surface area contributed by atoms with Crippen LogP contribution in [-0.2, 0) is 25.2 Å². The molecule has 0 heterocycles. The Morgan fingerprint density at radius 3 is 2.19 bits per heavy atom. The lowest BCUT2D eigenvalue weighted by Crippen LogP contribution is -2.43. The van der Waals surface area contributed by atoms with Gasteiger partial charge in [0.25, 0.3) is 5.69 Å². The largest absolute Gasteiger partial charge is 0.354 e. The average Bonchev–Trinajstić information content (AvgIpc) is 2.39. The van der Waals surface area contributed by atoms with E-state index < -0.39 is 27.3 Å². The summed E-state index contributed by atoms with van der Waals surface area (Å²) in [5.41, 5.74) is 0.364. The predicted octanol–water partition coefficient (Wildman–Crippen LogP) is 1.02. The Hall–Kier alpha value is -1.55. The molecule has 118 valence electrons. The van der Waals surface area contributed by atoms with Crippen LogP contribution in [0.3, 0.4) is 0 Å². The monoisotopic (exact) mass is 318 g/mol. The molecule has 0 aliphatic heterocycles. The van der Waals surface area contributed by atoms with E-state index in [2.05, 4.69) is 4.72 Å². The zero-order valence-electron chi connectivity index (χ0n) is 12.0. The molecule has 0 saturated carbocycles. The molecule has 0 aromatic heterocycles. The summed E-state index contributed by atoms with van der Waals surface area (Å²) in [6, 6.07) is 4.78. The van der Waals surface area contributed by atoms with E-state index in [1.807, 2.05) is 0 Å². The molecule has 1 N–H and O–H groups in total. The molecule has 0 aliphatic rings. The van der Waals surface area contributed by atoms with Gasteiger partial charge in [0.2, 0.25) is 10.0 Å². The molecular weight excluding hydrogens is 300 g/mol. The molecule has 8 nitrogen and oxygen atoms in total. The summed E-state index contributed by atoms with van der Waals surface area (Å²) in [6.45, 7) is 1.62. The quantitative estimate of drug-likeness (QED) is 0.435. The Bertz CT molecular complexity index is 568. The van der Waals surface area contributed by atoms with Crippen molar-refractivity contribution in [2.75, 3.05) is 14.2 Å². The first kappa shape index (κ1) is 17.5. The molecule has 0 fully saturated rings. The Balaban J connectivity index is 2.74. The Labute approximate surface area is 123 Å². The van der Waals surface area contributed by atoms with Gasteiger partial charge in [-0.2, -0.15) is 0 Å². The summed E-state index contributed by atoms with van der Waals surface area (Å²) in [5.74, 6) is -0.282. The van der Waals surface area contributed by atoms with Crippen LogP contribution in [0.15, 0.2) is 24.3 Å². The van der Waals surface area contributed by atoms with Gasteiger partial charge in [0.1, 0.15) is 0 Å². The molecule has 21 heavy (non-hydrogen) atoms. The van der Waals surface area contributed by atoms with Gasteiger partial charge in [0.05, 0.1) is 16.7 Å². The molecule has 0 bridgehead atoms. The maximum atomic E-state index is 12.0. The van der Waals surface area contributed by atoms with E-state index in [0.29, 0.717) is 5.56 Å². The number of nitrogens with zero attached hydrogens (tertiary/aromatic N) is 1. The minimum Gasteiger partial charge on any atom is -0.354 e. The number of nitro groups is 1. The van der Waals surface area contributed by atoms with Crippen molar-refractivity contribution in [2.24, 2.45) is 0 Å². The first-order chi connectivity index (χ1) is 9.79. The molecule has 0 radical (unpaired) electrons. The second-order valence-corrected chi connectivity index (χ2v) is 6.18. The standard InChI is InChI=1S/C12H18N2O6S/c1-9(12(19-2)20-3)13-21(17,18)8-10-4-6-11(7-5-10)14(15)16/h4-7,9,12-13H,8H2,1-3H3. The fourth-order valence-corrected chi connectivity index (χ4v) is 3.21. The van der Waals surface area contributed by atoms with Gasteiger partial charge in [-0.05, 0) is 12.5 Å². The summed E-state index contributed by atoms with van der Waals surface area (Å²) >= 11 is 0. The van der Waals surface area contributed by atoms with Crippen LogP contribution in [0.25, 0.3) is 0 Å². The van der Waals surface area contributed by atoms with Crippen LogP contribution >= 0.6 is 0 Å². The summed E-state index contributed by atoms with van der Waals surface area (Å²) in [5, 5.41) is 10.5. The number of hydrogen-bond acceptors (Lipinski definition) is 6. The maximum absolute atomic E-state index is 12.0. The summed E-state index contributed by atoms with van der Waals surface area (Å²) in [4.78, 5) is 9.99. The van der Waals surface area contributed by atoms with Crippen LogP contribution in [0.4, 0.5) is 5.69 Å². The molecule has 0 amide bonds. The van der Waals surface area contributed by atoms with Crippen molar-refractivity contribution in [1.82, 2.24) is 4.72 Å². The summed E-state index contributed by atoms with van der Waals surface area (Å²) in [7, 11) is -0.788. The highest BCUT2D eigenvalue weighted by molar-refractivity contribution is 7.88. The Kier molecular flexibility index (Phi) is 6.21. The normalized spacial score (nSPS) is 13.3. The van der Waals surface area contributed by atoms with E-state index >= 15 is 0 Å². The van der Waals surface area contributed by atoms with Crippen molar-refractivity contribution in [3.63, 3.8) is 0 Å². The van der Waals surface area contributed by atoms with E-state index in [-0.39, 0.29) is 11.4 Å². The Morgan fingerprint density at radius 2 is 1.76 bits per heavy atom. The third-order valence-corrected chi connectivity index (χ3v) is 4.19. The number of nitro benzene ring substituents is 1. The lowest BCUT2D eigenvalue weighted by Gasteiger charge is -2.21. The zero-order chi connectivity index (χ0) is 16.0. The van der Waals surface area contributed by atoms with Gasteiger partial charge in [0, 0.05) is 26.4 Å². The highest BCUT2D eigenvalue weighted by Crippen LogP contribution is 2.14. The number of hydrogen-bond donors (Lipinski definition) is 1. The van der Waals surface area contributed by atoms with Crippen LogP contribution in [0.1, 0.15) is 12.5 Å². The first-order valence-corrected chi connectivity index (χ1v) is 7.73. The van der Waals surface area contributed by atoms with Gasteiger partial charge in [-0.25, -0.2) is 13.1 Å². The third-order valence-electron chi connectivity index (χ3n) is 2.74. The lowest BCUT2D eigenvalue weighted by molar-refractivity contribution is -0.384. The minimum absolute atomic E-state index is 0.0868. The molecule has 1 aromatic carbocycles. The summed E-state index contributed by atoms with van der Waals surface area (Å²) < 4.78 is 36.4. The number of ether oxygens (including phenoxy) is 2. The number of non-ortho nitro benzene ring substituents is 1. The van der Waals surface area contributed by atoms with Crippen molar-refractivity contribution in [2.45, 2.75) is 25.0 Å². The predicted molar refractivity (Wildman–Crippen MR) is 76.1 cm³/mol. The van der Waals surface area contributed by atoms with E-state index in [0.717, 1.165) is 0 Å². The number of sulfonamides is 1. The van der Waals surface area contributed by atoms with Gasteiger partial charge in [-0.15, -0.1) is 0 Å². The molecule has 0 aliphatic carbocycles. The van der Waals surface area contributed by atoms with Crippen molar-refractivity contribution in [3.05, 3.63) is 39.9 Å². The zero-order valence-corrected chi connectivity index (χ0v) is 12.8. The first-order valence-electron chi connectivity index (χ1n) is 6.08. The van der Waals surface area contributed by atoms with Crippen molar-refractivity contribution in [1.29, 1.82) is 0 Å². The van der Waals surface area contributed by atoms with E-state index in [1.54, 1.807) is 6.92 Å². The van der Waals surface area contributed by atoms with Crippen molar-refractivity contribution in [3.8, 4) is 0 Å². The Morgan fingerprint density at radius 1 is 1.24 bits per heavy atom. The SMILES string of the molecule is COC(OC)C(C)NS(=O)(=O)Cc1ccc([N+](=O)[O-])cc1.